The third-order valence-electron chi connectivity index (χ3n) is 5.37. The van der Waals surface area contributed by atoms with Crippen LogP contribution < -0.4 is 10.1 Å². The van der Waals surface area contributed by atoms with Gasteiger partial charge in [0, 0.05) is 12.6 Å². The van der Waals surface area contributed by atoms with Crippen LogP contribution in [0, 0.1) is 11.6 Å². The number of nitrogens with one attached hydrogen (secondary N) is 1. The molecule has 0 spiro atoms. The quantitative estimate of drug-likeness (QED) is 0.307. The highest BCUT2D eigenvalue weighted by Crippen LogP contribution is 2.32. The Labute approximate surface area is 206 Å². The van der Waals surface area contributed by atoms with Crippen molar-refractivity contribution in [3.05, 3.63) is 90.0 Å². The number of carbonyl (C=O) groups is 1. The van der Waals surface area contributed by atoms with E-state index in [-0.39, 0.29) is 5.69 Å². The second kappa shape index (κ2) is 11.1. The minimum Gasteiger partial charge on any atom is -0.496 e. The van der Waals surface area contributed by atoms with Crippen LogP contribution in [-0.2, 0) is 17.8 Å². The molecule has 0 saturated carbocycles. The van der Waals surface area contributed by atoms with Crippen LogP contribution in [0.25, 0.3) is 11.4 Å². The first-order chi connectivity index (χ1) is 17.0. The SMILES string of the molecule is COc1ccccc1-c1nnc(SC(C)C(=O)Nc2ccc(F)cc2F)n1CCc1ccccc1. The van der Waals surface area contributed by atoms with Crippen molar-refractivity contribution in [3.63, 3.8) is 0 Å². The number of halogens is 2. The molecule has 6 nitrogen and oxygen atoms in total. The molecule has 4 rings (SSSR count). The number of benzene rings is 3. The first-order valence-corrected chi connectivity index (χ1v) is 11.9. The summed E-state index contributed by atoms with van der Waals surface area (Å²) in [5.41, 5.74) is 1.86. The zero-order valence-electron chi connectivity index (χ0n) is 19.2. The Morgan fingerprint density at radius 1 is 1.06 bits per heavy atom. The van der Waals surface area contributed by atoms with E-state index in [1.54, 1.807) is 14.0 Å². The van der Waals surface area contributed by atoms with Gasteiger partial charge in [0.2, 0.25) is 5.91 Å². The summed E-state index contributed by atoms with van der Waals surface area (Å²) in [7, 11) is 1.60. The van der Waals surface area contributed by atoms with Gasteiger partial charge in [-0.05, 0) is 43.2 Å². The van der Waals surface area contributed by atoms with E-state index < -0.39 is 22.8 Å². The van der Waals surface area contributed by atoms with E-state index in [4.69, 9.17) is 4.74 Å². The van der Waals surface area contributed by atoms with Crippen LogP contribution in [0.5, 0.6) is 5.75 Å². The summed E-state index contributed by atoms with van der Waals surface area (Å²) in [5.74, 6) is -0.691. The Kier molecular flexibility index (Phi) is 7.77. The Balaban J connectivity index is 1.59. The zero-order valence-corrected chi connectivity index (χ0v) is 20.1. The fourth-order valence-corrected chi connectivity index (χ4v) is 4.40. The molecule has 1 amide bonds. The van der Waals surface area contributed by atoms with Crippen molar-refractivity contribution >= 4 is 23.4 Å². The molecule has 180 valence electrons. The maximum absolute atomic E-state index is 14.0. The smallest absolute Gasteiger partial charge is 0.237 e. The lowest BCUT2D eigenvalue weighted by molar-refractivity contribution is -0.115. The van der Waals surface area contributed by atoms with Gasteiger partial charge in [-0.1, -0.05) is 54.2 Å². The van der Waals surface area contributed by atoms with Crippen LogP contribution in [0.1, 0.15) is 12.5 Å². The van der Waals surface area contributed by atoms with Gasteiger partial charge in [0.15, 0.2) is 11.0 Å². The number of carbonyl (C=O) groups excluding carboxylic acids is 1. The Morgan fingerprint density at radius 2 is 1.80 bits per heavy atom. The van der Waals surface area contributed by atoms with Crippen LogP contribution in [0.3, 0.4) is 0 Å². The predicted octanol–water partition coefficient (Wildman–Crippen LogP) is 5.59. The van der Waals surface area contributed by atoms with Crippen molar-refractivity contribution in [2.45, 2.75) is 30.3 Å². The highest BCUT2D eigenvalue weighted by atomic mass is 32.2. The average molecular weight is 495 g/mol. The van der Waals surface area contributed by atoms with E-state index in [9.17, 15) is 13.6 Å². The van der Waals surface area contributed by atoms with Crippen LogP contribution in [0.15, 0.2) is 78.0 Å². The Bertz CT molecular complexity index is 1310. The fraction of sp³-hybridized carbons (Fsp3) is 0.192. The van der Waals surface area contributed by atoms with E-state index in [0.717, 1.165) is 29.7 Å². The monoisotopic (exact) mass is 494 g/mol. The van der Waals surface area contributed by atoms with E-state index in [1.807, 2.05) is 59.2 Å². The molecular formula is C26H24F2N4O2S. The first kappa shape index (κ1) is 24.4. The molecule has 9 heteroatoms. The number of hydrogen-bond donors (Lipinski definition) is 1. The number of para-hydroxylation sites is 1. The summed E-state index contributed by atoms with van der Waals surface area (Å²) in [4.78, 5) is 12.8. The molecule has 1 unspecified atom stereocenters. The number of anilines is 1. The number of rotatable bonds is 9. The molecule has 1 heterocycles. The molecule has 0 radical (unpaired) electrons. The second-order valence-corrected chi connectivity index (χ2v) is 9.08. The van der Waals surface area contributed by atoms with Crippen molar-refractivity contribution < 1.29 is 18.3 Å². The maximum Gasteiger partial charge on any atom is 0.237 e. The van der Waals surface area contributed by atoms with Gasteiger partial charge >= 0.3 is 0 Å². The van der Waals surface area contributed by atoms with Crippen molar-refractivity contribution in [1.29, 1.82) is 0 Å². The van der Waals surface area contributed by atoms with Crippen molar-refractivity contribution in [3.8, 4) is 17.1 Å². The first-order valence-electron chi connectivity index (χ1n) is 11.0. The molecular weight excluding hydrogens is 470 g/mol. The fourth-order valence-electron chi connectivity index (χ4n) is 3.53. The molecule has 35 heavy (non-hydrogen) atoms. The largest absolute Gasteiger partial charge is 0.496 e. The number of amides is 1. The third-order valence-corrected chi connectivity index (χ3v) is 6.45. The Morgan fingerprint density at radius 3 is 2.54 bits per heavy atom. The molecule has 1 atom stereocenters. The van der Waals surface area contributed by atoms with Gasteiger partial charge in [0.25, 0.3) is 0 Å². The lowest BCUT2D eigenvalue weighted by Crippen LogP contribution is -2.23. The van der Waals surface area contributed by atoms with Crippen LogP contribution in [0.2, 0.25) is 0 Å². The van der Waals surface area contributed by atoms with Crippen molar-refractivity contribution in [1.82, 2.24) is 14.8 Å². The average Bonchev–Trinajstić information content (AvgIpc) is 3.26. The number of aryl methyl sites for hydroxylation is 1. The molecule has 1 aromatic heterocycles. The van der Waals surface area contributed by atoms with E-state index in [0.29, 0.717) is 23.3 Å². The highest BCUT2D eigenvalue weighted by Gasteiger charge is 2.23. The minimum atomic E-state index is -0.833. The van der Waals surface area contributed by atoms with Gasteiger partial charge in [-0.25, -0.2) is 8.78 Å². The van der Waals surface area contributed by atoms with Gasteiger partial charge in [-0.15, -0.1) is 10.2 Å². The molecule has 0 fully saturated rings. The summed E-state index contributed by atoms with van der Waals surface area (Å²) in [6.07, 6.45) is 0.732. The topological polar surface area (TPSA) is 69.0 Å². The molecule has 0 saturated heterocycles. The molecule has 0 aliphatic carbocycles. The van der Waals surface area contributed by atoms with Gasteiger partial charge in [-0.3, -0.25) is 4.79 Å². The number of ether oxygens (including phenoxy) is 1. The summed E-state index contributed by atoms with van der Waals surface area (Å²) in [5, 5.41) is 11.2. The van der Waals surface area contributed by atoms with Crippen LogP contribution >= 0.6 is 11.8 Å². The summed E-state index contributed by atoms with van der Waals surface area (Å²) >= 11 is 1.21. The van der Waals surface area contributed by atoms with Crippen molar-refractivity contribution in [2.24, 2.45) is 0 Å². The molecule has 4 aromatic rings. The zero-order chi connectivity index (χ0) is 24.8. The molecule has 0 bridgehead atoms. The Hall–Kier alpha value is -3.72. The lowest BCUT2D eigenvalue weighted by Gasteiger charge is -2.15. The second-order valence-electron chi connectivity index (χ2n) is 7.77. The normalized spacial score (nSPS) is 11.8. The number of thioether (sulfide) groups is 1. The highest BCUT2D eigenvalue weighted by molar-refractivity contribution is 8.00. The van der Waals surface area contributed by atoms with Crippen molar-refractivity contribution in [2.75, 3.05) is 12.4 Å². The summed E-state index contributed by atoms with van der Waals surface area (Å²) in [6.45, 7) is 2.27. The van der Waals surface area contributed by atoms with Gasteiger partial charge < -0.3 is 14.6 Å². The maximum atomic E-state index is 14.0. The van der Waals surface area contributed by atoms with Gasteiger partial charge in [0.05, 0.1) is 23.6 Å². The number of hydrogen-bond acceptors (Lipinski definition) is 5. The minimum absolute atomic E-state index is 0.0795. The third kappa shape index (κ3) is 5.86. The van der Waals surface area contributed by atoms with Gasteiger partial charge in [-0.2, -0.15) is 0 Å². The summed E-state index contributed by atoms with van der Waals surface area (Å²) < 4.78 is 34.6. The summed E-state index contributed by atoms with van der Waals surface area (Å²) in [6, 6.07) is 20.6. The number of nitrogens with zero attached hydrogens (tertiary/aromatic N) is 3. The van der Waals surface area contributed by atoms with Gasteiger partial charge in [0.1, 0.15) is 17.4 Å². The molecule has 3 aromatic carbocycles. The molecule has 0 aliphatic heterocycles. The lowest BCUT2D eigenvalue weighted by atomic mass is 10.1. The van der Waals surface area contributed by atoms with E-state index in [1.165, 1.54) is 17.8 Å². The predicted molar refractivity (Wildman–Crippen MR) is 132 cm³/mol. The number of methoxy groups -OCH3 is 1. The standard InChI is InChI=1S/C26H24F2N4O2S/c1-17(25(33)29-22-13-12-19(27)16-21(22)28)35-26-31-30-24(20-10-6-7-11-23(20)34-2)32(26)15-14-18-8-4-3-5-9-18/h3-13,16-17H,14-15H2,1-2H3,(H,29,33). The van der Waals surface area contributed by atoms with E-state index >= 15 is 0 Å². The number of aromatic nitrogens is 3. The van der Waals surface area contributed by atoms with Crippen LogP contribution in [0.4, 0.5) is 14.5 Å². The molecule has 1 N–H and O–H groups in total. The van der Waals surface area contributed by atoms with E-state index in [2.05, 4.69) is 15.5 Å². The van der Waals surface area contributed by atoms with Crippen LogP contribution in [-0.4, -0.2) is 33.0 Å². The molecule has 0 aliphatic rings.